The number of benzene rings is 2. The molecule has 9 nitrogen and oxygen atoms in total. The number of carbonyl (C=O) groups is 2. The van der Waals surface area contributed by atoms with Gasteiger partial charge >= 0.3 is 16.2 Å². The van der Waals surface area contributed by atoms with Gasteiger partial charge in [-0.05, 0) is 36.4 Å². The molecule has 0 saturated heterocycles. The van der Waals surface area contributed by atoms with Crippen molar-refractivity contribution in [1.82, 2.24) is 16.3 Å². The molecule has 0 aliphatic heterocycles. The minimum atomic E-state index is -4.25. The SMILES string of the molecule is NS(=O)(=O)N(NNC(=O)NC(=O)c1ccc(F)cc1)c1ccccc1. The van der Waals surface area contributed by atoms with Gasteiger partial charge in [0.15, 0.2) is 0 Å². The number of nitrogens with one attached hydrogen (secondary N) is 3. The van der Waals surface area contributed by atoms with E-state index in [0.717, 1.165) is 12.1 Å². The maximum Gasteiger partial charge on any atom is 0.337 e. The molecule has 11 heteroatoms. The Morgan fingerprint density at radius 1 is 1.00 bits per heavy atom. The first-order chi connectivity index (χ1) is 11.8. The number of nitrogens with zero attached hydrogens (tertiary/aromatic N) is 1. The maximum atomic E-state index is 12.8. The average Bonchev–Trinajstić information content (AvgIpc) is 2.55. The van der Waals surface area contributed by atoms with Gasteiger partial charge in [-0.3, -0.25) is 15.5 Å². The van der Waals surface area contributed by atoms with Crippen LogP contribution in [0.2, 0.25) is 0 Å². The zero-order valence-electron chi connectivity index (χ0n) is 12.6. The van der Waals surface area contributed by atoms with Crippen LogP contribution in [0.1, 0.15) is 10.4 Å². The Kier molecular flexibility index (Phi) is 5.64. The lowest BCUT2D eigenvalue weighted by Crippen LogP contribution is -2.57. The second-order valence-electron chi connectivity index (χ2n) is 4.67. The minimum absolute atomic E-state index is 0.0444. The third-order valence-corrected chi connectivity index (χ3v) is 3.66. The van der Waals surface area contributed by atoms with E-state index in [0.29, 0.717) is 4.41 Å². The van der Waals surface area contributed by atoms with Crippen LogP contribution in [0.5, 0.6) is 0 Å². The highest BCUT2D eigenvalue weighted by atomic mass is 32.2. The predicted molar refractivity (Wildman–Crippen MR) is 87.6 cm³/mol. The summed E-state index contributed by atoms with van der Waals surface area (Å²) in [6, 6.07) is 11.1. The van der Waals surface area contributed by atoms with Gasteiger partial charge in [-0.15, -0.1) is 5.53 Å². The third kappa shape index (κ3) is 5.24. The molecule has 0 fully saturated rings. The molecule has 25 heavy (non-hydrogen) atoms. The topological polar surface area (TPSA) is 134 Å². The molecule has 5 N–H and O–H groups in total. The molecule has 3 amide bonds. The summed E-state index contributed by atoms with van der Waals surface area (Å²) in [5, 5.41) is 7.00. The van der Waals surface area contributed by atoms with E-state index < -0.39 is 28.0 Å². The van der Waals surface area contributed by atoms with Crippen molar-refractivity contribution >= 4 is 27.8 Å². The number of hydrazine groups is 2. The van der Waals surface area contributed by atoms with Crippen molar-refractivity contribution < 1.29 is 22.4 Å². The van der Waals surface area contributed by atoms with Crippen molar-refractivity contribution in [3.63, 3.8) is 0 Å². The quantitative estimate of drug-likeness (QED) is 0.568. The molecule has 0 atom stereocenters. The number of nitrogens with two attached hydrogens (primary N) is 1. The van der Waals surface area contributed by atoms with Crippen LogP contribution < -0.4 is 25.8 Å². The highest BCUT2D eigenvalue weighted by Crippen LogP contribution is 2.12. The lowest BCUT2D eigenvalue weighted by molar-refractivity contribution is 0.0963. The molecule has 0 aliphatic rings. The number of para-hydroxylation sites is 1. The minimum Gasteiger partial charge on any atom is -0.273 e. The van der Waals surface area contributed by atoms with Crippen molar-refractivity contribution in [1.29, 1.82) is 0 Å². The van der Waals surface area contributed by atoms with Crippen molar-refractivity contribution in [2.75, 3.05) is 4.41 Å². The Bertz CT molecular complexity index is 859. The molecule has 0 spiro atoms. The Morgan fingerprint density at radius 3 is 2.16 bits per heavy atom. The van der Waals surface area contributed by atoms with Crippen LogP contribution in [0.25, 0.3) is 0 Å². The molecule has 0 saturated carbocycles. The molecule has 2 rings (SSSR count). The lowest BCUT2D eigenvalue weighted by atomic mass is 10.2. The average molecular weight is 367 g/mol. The molecular weight excluding hydrogens is 353 g/mol. The van der Waals surface area contributed by atoms with Crippen molar-refractivity contribution in [2.24, 2.45) is 5.14 Å². The molecule has 0 bridgehead atoms. The Morgan fingerprint density at radius 2 is 1.60 bits per heavy atom. The van der Waals surface area contributed by atoms with E-state index in [9.17, 15) is 22.4 Å². The fraction of sp³-hybridized carbons (Fsp3) is 0. The summed E-state index contributed by atoms with van der Waals surface area (Å²) in [6.07, 6.45) is 0. The Labute approximate surface area is 142 Å². The first-order valence-electron chi connectivity index (χ1n) is 6.78. The summed E-state index contributed by atoms with van der Waals surface area (Å²) in [5.41, 5.74) is 4.24. The Balaban J connectivity index is 1.99. The standard InChI is InChI=1S/C14H14FN5O4S/c15-11-8-6-10(7-9-11)13(21)17-14(22)18-19-20(25(16,23)24)12-4-2-1-3-5-12/h1-9,19H,(H2,16,23,24)(H2,17,18,21,22). The largest absolute Gasteiger partial charge is 0.337 e. The number of halogens is 1. The molecule has 132 valence electrons. The smallest absolute Gasteiger partial charge is 0.273 e. The fourth-order valence-corrected chi connectivity index (χ4v) is 2.34. The number of urea groups is 1. The summed E-state index contributed by atoms with van der Waals surface area (Å²) in [7, 11) is -4.25. The number of hydrogen-bond acceptors (Lipinski definition) is 5. The van der Waals surface area contributed by atoms with E-state index in [1.807, 2.05) is 10.7 Å². The molecular formula is C14H14FN5O4S. The van der Waals surface area contributed by atoms with Gasteiger partial charge in [-0.1, -0.05) is 18.2 Å². The molecule has 2 aromatic carbocycles. The maximum absolute atomic E-state index is 12.8. The van der Waals surface area contributed by atoms with Gasteiger partial charge in [-0.2, -0.15) is 12.8 Å². The second-order valence-corrected chi connectivity index (χ2v) is 6.07. The highest BCUT2D eigenvalue weighted by Gasteiger charge is 2.19. The number of amides is 3. The molecule has 0 radical (unpaired) electrons. The molecule has 2 aromatic rings. The number of rotatable bonds is 5. The van der Waals surface area contributed by atoms with E-state index in [2.05, 4.69) is 5.53 Å². The Hall–Kier alpha value is -3.02. The number of carbonyl (C=O) groups excluding carboxylic acids is 2. The van der Waals surface area contributed by atoms with Crippen LogP contribution in [0.15, 0.2) is 54.6 Å². The fourth-order valence-electron chi connectivity index (χ4n) is 1.75. The number of imide groups is 1. The number of anilines is 1. The summed E-state index contributed by atoms with van der Waals surface area (Å²) in [4.78, 5) is 23.5. The van der Waals surface area contributed by atoms with Crippen molar-refractivity contribution in [2.45, 2.75) is 0 Å². The van der Waals surface area contributed by atoms with Crippen molar-refractivity contribution in [3.05, 3.63) is 66.0 Å². The van der Waals surface area contributed by atoms with Crippen LogP contribution in [0.3, 0.4) is 0 Å². The first-order valence-corrected chi connectivity index (χ1v) is 8.28. The van der Waals surface area contributed by atoms with Gasteiger partial charge in [0.1, 0.15) is 5.82 Å². The zero-order chi connectivity index (χ0) is 18.4. The van der Waals surface area contributed by atoms with Gasteiger partial charge in [-0.25, -0.2) is 14.3 Å². The van der Waals surface area contributed by atoms with E-state index >= 15 is 0 Å². The van der Waals surface area contributed by atoms with Gasteiger partial charge in [0, 0.05) is 5.56 Å². The summed E-state index contributed by atoms with van der Waals surface area (Å²) in [6.45, 7) is 0. The lowest BCUT2D eigenvalue weighted by Gasteiger charge is -2.22. The molecule has 0 heterocycles. The van der Waals surface area contributed by atoms with E-state index in [1.165, 1.54) is 24.3 Å². The van der Waals surface area contributed by atoms with E-state index in [1.54, 1.807) is 18.2 Å². The van der Waals surface area contributed by atoms with Crippen molar-refractivity contribution in [3.8, 4) is 0 Å². The zero-order valence-corrected chi connectivity index (χ0v) is 13.5. The van der Waals surface area contributed by atoms with Gasteiger partial charge in [0.2, 0.25) is 0 Å². The van der Waals surface area contributed by atoms with Crippen LogP contribution in [-0.4, -0.2) is 20.4 Å². The summed E-state index contributed by atoms with van der Waals surface area (Å²) in [5.74, 6) is -1.34. The predicted octanol–water partition coefficient (Wildman–Crippen LogP) is 0.395. The van der Waals surface area contributed by atoms with E-state index in [-0.39, 0.29) is 11.3 Å². The van der Waals surface area contributed by atoms with Gasteiger partial charge in [0.25, 0.3) is 5.91 Å². The van der Waals surface area contributed by atoms with Crippen LogP contribution >= 0.6 is 0 Å². The van der Waals surface area contributed by atoms with Crippen LogP contribution in [0, 0.1) is 5.82 Å². The second kappa shape index (κ2) is 7.70. The van der Waals surface area contributed by atoms with Crippen LogP contribution in [0.4, 0.5) is 14.9 Å². The van der Waals surface area contributed by atoms with E-state index in [4.69, 9.17) is 5.14 Å². The molecule has 0 aliphatic carbocycles. The summed E-state index contributed by atoms with van der Waals surface area (Å²) >= 11 is 0. The first kappa shape index (κ1) is 18.3. The van der Waals surface area contributed by atoms with Gasteiger partial charge < -0.3 is 0 Å². The molecule has 0 aromatic heterocycles. The number of hydrogen-bond donors (Lipinski definition) is 4. The highest BCUT2D eigenvalue weighted by molar-refractivity contribution is 7.90. The normalized spacial score (nSPS) is 10.8. The monoisotopic (exact) mass is 367 g/mol. The molecule has 0 unspecified atom stereocenters. The summed E-state index contributed by atoms with van der Waals surface area (Å²) < 4.78 is 36.5. The third-order valence-electron chi connectivity index (χ3n) is 2.85. The van der Waals surface area contributed by atoms with Gasteiger partial charge in [0.05, 0.1) is 5.69 Å². The van der Waals surface area contributed by atoms with Crippen LogP contribution in [-0.2, 0) is 10.2 Å².